The largest absolute Gasteiger partial charge is 0.493 e. The van der Waals surface area contributed by atoms with Gasteiger partial charge in [-0.2, -0.15) is 0 Å². The molecule has 0 atom stereocenters. The molecule has 1 aliphatic rings. The number of nitrogens with zero attached hydrogens (tertiary/aromatic N) is 4. The summed E-state index contributed by atoms with van der Waals surface area (Å²) >= 11 is 0. The molecule has 0 unspecified atom stereocenters. The molecule has 0 bridgehead atoms. The van der Waals surface area contributed by atoms with E-state index in [2.05, 4.69) is 18.8 Å². The molecule has 38 heavy (non-hydrogen) atoms. The van der Waals surface area contributed by atoms with E-state index in [0.717, 1.165) is 37.0 Å². The summed E-state index contributed by atoms with van der Waals surface area (Å²) in [6.07, 6.45) is 8.42. The Morgan fingerprint density at radius 1 is 1.05 bits per heavy atom. The van der Waals surface area contributed by atoms with Gasteiger partial charge in [0.15, 0.2) is 0 Å². The van der Waals surface area contributed by atoms with Crippen molar-refractivity contribution >= 4 is 12.1 Å². The van der Waals surface area contributed by atoms with Crippen LogP contribution < -0.4 is 9.47 Å². The van der Waals surface area contributed by atoms with E-state index in [-0.39, 0.29) is 18.2 Å². The molecule has 9 heteroatoms. The smallest absolute Gasteiger partial charge is 0.410 e. The number of carbonyl (C=O) groups excluding carboxylic acids is 2. The van der Waals surface area contributed by atoms with E-state index in [1.807, 2.05) is 39.0 Å². The monoisotopic (exact) mass is 528 g/mol. The molecule has 2 heterocycles. The van der Waals surface area contributed by atoms with Gasteiger partial charge in [-0.25, -0.2) is 14.6 Å². The van der Waals surface area contributed by atoms with Crippen LogP contribution in [0, 0.1) is 0 Å². The summed E-state index contributed by atoms with van der Waals surface area (Å²) in [4.78, 5) is 33.6. The molecule has 1 fully saturated rings. The lowest BCUT2D eigenvalue weighted by molar-refractivity contribution is 0.0172. The summed E-state index contributed by atoms with van der Waals surface area (Å²) in [6, 6.07) is 5.64. The number of hydrogen-bond acceptors (Lipinski definition) is 6. The Labute approximate surface area is 227 Å². The topological polar surface area (TPSA) is 86.1 Å². The van der Waals surface area contributed by atoms with Crippen molar-refractivity contribution in [2.75, 3.05) is 33.4 Å². The Balaban J connectivity index is 1.67. The quantitative estimate of drug-likeness (QED) is 0.341. The predicted octanol–water partition coefficient (Wildman–Crippen LogP) is 6.21. The van der Waals surface area contributed by atoms with Crippen molar-refractivity contribution in [2.24, 2.45) is 0 Å². The van der Waals surface area contributed by atoms with Gasteiger partial charge in [-0.05, 0) is 58.6 Å². The van der Waals surface area contributed by atoms with Gasteiger partial charge < -0.3 is 24.0 Å². The minimum absolute atomic E-state index is 0.0273. The molecule has 0 spiro atoms. The number of ether oxygens (including phenoxy) is 3. The van der Waals surface area contributed by atoms with Gasteiger partial charge in [0, 0.05) is 44.0 Å². The fraction of sp³-hybridized carbons (Fsp3) is 0.621. The van der Waals surface area contributed by atoms with Gasteiger partial charge in [-0.3, -0.25) is 4.57 Å². The number of piperidine rings is 1. The molecule has 2 aromatic rings. The highest BCUT2D eigenvalue weighted by Crippen LogP contribution is 2.33. The molecule has 1 aromatic carbocycles. The minimum Gasteiger partial charge on any atom is -0.493 e. The number of amides is 2. The van der Waals surface area contributed by atoms with E-state index >= 15 is 0 Å². The summed E-state index contributed by atoms with van der Waals surface area (Å²) in [5.41, 5.74) is 0.963. The lowest BCUT2D eigenvalue weighted by Gasteiger charge is -2.37. The summed E-state index contributed by atoms with van der Waals surface area (Å²) in [7, 11) is 1.80. The van der Waals surface area contributed by atoms with Crippen LogP contribution in [-0.2, 0) is 4.74 Å². The minimum atomic E-state index is -0.525. The van der Waals surface area contributed by atoms with Gasteiger partial charge in [0.25, 0.3) is 0 Å². The average molecular weight is 529 g/mol. The van der Waals surface area contributed by atoms with Crippen LogP contribution >= 0.6 is 0 Å². The van der Waals surface area contributed by atoms with Crippen molar-refractivity contribution in [1.29, 1.82) is 0 Å². The molecule has 0 aliphatic carbocycles. The fourth-order valence-electron chi connectivity index (χ4n) is 4.25. The first-order chi connectivity index (χ1) is 18.1. The fourth-order valence-corrected chi connectivity index (χ4v) is 4.25. The molecule has 0 N–H and O–H groups in total. The third kappa shape index (κ3) is 8.13. The molecule has 0 saturated carbocycles. The highest BCUT2D eigenvalue weighted by Gasteiger charge is 2.30. The second-order valence-electron chi connectivity index (χ2n) is 10.8. The van der Waals surface area contributed by atoms with Crippen LogP contribution in [0.25, 0.3) is 11.3 Å². The van der Waals surface area contributed by atoms with Gasteiger partial charge in [0.1, 0.15) is 23.4 Å². The number of carbonyl (C=O) groups is 2. The summed E-state index contributed by atoms with van der Waals surface area (Å²) < 4.78 is 19.0. The number of unbranched alkanes of at least 4 members (excludes halogenated alkanes) is 2. The molecule has 3 rings (SSSR count). The second kappa shape index (κ2) is 13.5. The molecular weight excluding hydrogens is 484 g/mol. The van der Waals surface area contributed by atoms with Crippen molar-refractivity contribution in [3.05, 3.63) is 30.7 Å². The van der Waals surface area contributed by atoms with Crippen molar-refractivity contribution in [3.8, 4) is 22.8 Å². The zero-order chi connectivity index (χ0) is 27.7. The van der Waals surface area contributed by atoms with Gasteiger partial charge in [-0.15, -0.1) is 0 Å². The van der Waals surface area contributed by atoms with Crippen molar-refractivity contribution < 1.29 is 23.8 Å². The Bertz CT molecular complexity index is 1050. The van der Waals surface area contributed by atoms with Crippen LogP contribution in [0.1, 0.15) is 73.1 Å². The first-order valence-electron chi connectivity index (χ1n) is 13.8. The third-order valence-corrected chi connectivity index (χ3v) is 6.52. The normalized spacial score (nSPS) is 14.3. The van der Waals surface area contributed by atoms with Crippen LogP contribution in [0.3, 0.4) is 0 Å². The summed E-state index contributed by atoms with van der Waals surface area (Å²) in [5.74, 6) is 1.47. The van der Waals surface area contributed by atoms with Crippen molar-refractivity contribution in [3.63, 3.8) is 0 Å². The van der Waals surface area contributed by atoms with Gasteiger partial charge in [0.05, 0.1) is 18.9 Å². The number of rotatable bonds is 10. The maximum Gasteiger partial charge on any atom is 0.410 e. The van der Waals surface area contributed by atoms with E-state index in [1.165, 1.54) is 4.57 Å². The predicted molar refractivity (Wildman–Crippen MR) is 148 cm³/mol. The van der Waals surface area contributed by atoms with Crippen LogP contribution in [-0.4, -0.2) is 76.5 Å². The first-order valence-corrected chi connectivity index (χ1v) is 13.8. The Kier molecular flexibility index (Phi) is 10.4. The van der Waals surface area contributed by atoms with Crippen LogP contribution in [0.5, 0.6) is 11.5 Å². The van der Waals surface area contributed by atoms with Gasteiger partial charge >= 0.3 is 12.1 Å². The van der Waals surface area contributed by atoms with E-state index in [9.17, 15) is 9.59 Å². The molecule has 210 valence electrons. The molecular formula is C29H44N4O5. The Morgan fingerprint density at radius 2 is 1.71 bits per heavy atom. The molecule has 2 amide bonds. The maximum atomic E-state index is 13.3. The Hall–Kier alpha value is -3.23. The second-order valence-corrected chi connectivity index (χ2v) is 10.8. The number of aromatic nitrogens is 2. The zero-order valence-corrected chi connectivity index (χ0v) is 23.9. The zero-order valence-electron chi connectivity index (χ0n) is 23.9. The Morgan fingerprint density at radius 3 is 2.34 bits per heavy atom. The van der Waals surface area contributed by atoms with E-state index < -0.39 is 5.60 Å². The average Bonchev–Trinajstić information content (AvgIpc) is 3.37. The van der Waals surface area contributed by atoms with Crippen molar-refractivity contribution in [1.82, 2.24) is 19.4 Å². The lowest BCUT2D eigenvalue weighted by Crippen LogP contribution is -2.49. The maximum absolute atomic E-state index is 13.3. The van der Waals surface area contributed by atoms with Crippen molar-refractivity contribution in [2.45, 2.75) is 84.8 Å². The molecule has 1 aromatic heterocycles. The number of imidazole rings is 1. The summed E-state index contributed by atoms with van der Waals surface area (Å²) in [5, 5.41) is 0. The summed E-state index contributed by atoms with van der Waals surface area (Å²) in [6.45, 7) is 12.2. The highest BCUT2D eigenvalue weighted by molar-refractivity contribution is 5.79. The van der Waals surface area contributed by atoms with Crippen LogP contribution in [0.15, 0.2) is 30.7 Å². The third-order valence-electron chi connectivity index (χ3n) is 6.52. The van der Waals surface area contributed by atoms with Gasteiger partial charge in [-0.1, -0.05) is 26.7 Å². The molecule has 0 radical (unpaired) electrons. The van der Waals surface area contributed by atoms with Crippen LogP contribution in [0.2, 0.25) is 0 Å². The molecule has 9 nitrogen and oxygen atoms in total. The van der Waals surface area contributed by atoms with Crippen LogP contribution in [0.4, 0.5) is 9.59 Å². The number of likely N-dealkylation sites (tertiary alicyclic amines) is 1. The molecule has 1 saturated heterocycles. The van der Waals surface area contributed by atoms with E-state index in [0.29, 0.717) is 50.6 Å². The van der Waals surface area contributed by atoms with E-state index in [4.69, 9.17) is 14.2 Å². The standard InChI is InChI=1S/C29H44N4O5/c1-7-9-17-36-23-11-12-24(26(19-23)37-18-10-8-2)25-20-33(21-30-25)27(34)31(6)22-13-15-32(16-14-22)28(35)38-29(3,4)5/h11-12,19-22H,7-10,13-18H2,1-6H3. The number of hydrogen-bond donors (Lipinski definition) is 0. The highest BCUT2D eigenvalue weighted by atomic mass is 16.6. The van der Waals surface area contributed by atoms with Gasteiger partial charge in [0.2, 0.25) is 0 Å². The first kappa shape index (κ1) is 29.3. The van der Waals surface area contributed by atoms with E-state index in [1.54, 1.807) is 29.4 Å². The SMILES string of the molecule is CCCCOc1ccc(-c2cn(C(=O)N(C)C3CCN(C(=O)OC(C)(C)C)CC3)cn2)c(OCCCC)c1. The molecule has 1 aliphatic heterocycles. The number of benzene rings is 1. The lowest BCUT2D eigenvalue weighted by atomic mass is 10.0.